The van der Waals surface area contributed by atoms with E-state index in [9.17, 15) is 0 Å². The second-order valence-electron chi connectivity index (χ2n) is 9.81. The predicted octanol–water partition coefficient (Wildman–Crippen LogP) is 2.42. The molecule has 2 aromatic heterocycles. The van der Waals surface area contributed by atoms with Crippen molar-refractivity contribution in [3.05, 3.63) is 11.3 Å². The molecule has 3 saturated heterocycles. The Hall–Kier alpha value is -1.86. The molecule has 7 nitrogen and oxygen atoms in total. The van der Waals surface area contributed by atoms with Crippen molar-refractivity contribution in [1.82, 2.24) is 24.8 Å². The zero-order valence-corrected chi connectivity index (χ0v) is 18.9. The lowest BCUT2D eigenvalue weighted by atomic mass is 9.96. The van der Waals surface area contributed by atoms with Gasteiger partial charge in [0.15, 0.2) is 0 Å². The molecule has 0 spiro atoms. The number of piperazine rings is 1. The van der Waals surface area contributed by atoms with Crippen LogP contribution in [0.4, 0.5) is 11.8 Å². The molecule has 0 saturated carbocycles. The lowest BCUT2D eigenvalue weighted by Crippen LogP contribution is -2.44. The number of hydrogen-bond donors (Lipinski definition) is 1. The van der Waals surface area contributed by atoms with E-state index < -0.39 is 0 Å². The van der Waals surface area contributed by atoms with Gasteiger partial charge in [-0.3, -0.25) is 4.90 Å². The number of hydrogen-bond acceptors (Lipinski definition) is 6. The average Bonchev–Trinajstić information content (AvgIpc) is 3.59. The minimum absolute atomic E-state index is 0.977. The zero-order valence-electron chi connectivity index (χ0n) is 18.9. The van der Waals surface area contributed by atoms with E-state index in [1.807, 2.05) is 0 Å². The van der Waals surface area contributed by atoms with Crippen LogP contribution in [0.5, 0.6) is 0 Å². The standard InChI is InChI=1S/C24H37N7/c1-2-8-20-19(7-1)21-22(29-11-3-4-12-29)26-24(30-13-5-6-14-30)27-23(21)31(20)18-17-28-15-9-25-10-16-28/h25H,1-18H2. The van der Waals surface area contributed by atoms with Crippen LogP contribution >= 0.6 is 0 Å². The van der Waals surface area contributed by atoms with Gasteiger partial charge in [-0.2, -0.15) is 9.97 Å². The van der Waals surface area contributed by atoms with Crippen LogP contribution in [-0.4, -0.2) is 78.3 Å². The van der Waals surface area contributed by atoms with E-state index >= 15 is 0 Å². The summed E-state index contributed by atoms with van der Waals surface area (Å²) in [5.74, 6) is 2.22. The fourth-order valence-electron chi connectivity index (χ4n) is 6.11. The number of aryl methyl sites for hydroxylation is 1. The van der Waals surface area contributed by atoms with Gasteiger partial charge in [-0.15, -0.1) is 0 Å². The van der Waals surface area contributed by atoms with E-state index in [1.54, 1.807) is 11.3 Å². The molecule has 31 heavy (non-hydrogen) atoms. The highest BCUT2D eigenvalue weighted by Crippen LogP contribution is 2.38. The van der Waals surface area contributed by atoms with Crippen molar-refractivity contribution in [2.24, 2.45) is 0 Å². The van der Waals surface area contributed by atoms with Crippen LogP contribution in [0, 0.1) is 0 Å². The van der Waals surface area contributed by atoms with Crippen LogP contribution in [0.3, 0.4) is 0 Å². The number of nitrogens with zero attached hydrogens (tertiary/aromatic N) is 6. The van der Waals surface area contributed by atoms with Gasteiger partial charge in [-0.25, -0.2) is 0 Å². The molecule has 0 aromatic carbocycles. The lowest BCUT2D eigenvalue weighted by Gasteiger charge is -2.28. The molecule has 2 aromatic rings. The van der Waals surface area contributed by atoms with Crippen molar-refractivity contribution in [3.63, 3.8) is 0 Å². The predicted molar refractivity (Wildman–Crippen MR) is 126 cm³/mol. The molecule has 0 radical (unpaired) electrons. The van der Waals surface area contributed by atoms with Crippen molar-refractivity contribution in [2.75, 3.05) is 68.7 Å². The molecule has 0 amide bonds. The van der Waals surface area contributed by atoms with E-state index in [0.717, 1.165) is 71.4 Å². The van der Waals surface area contributed by atoms with E-state index in [-0.39, 0.29) is 0 Å². The Morgan fingerprint density at radius 3 is 2.19 bits per heavy atom. The Bertz CT molecular complexity index is 918. The van der Waals surface area contributed by atoms with Crippen molar-refractivity contribution in [3.8, 4) is 0 Å². The SMILES string of the molecule is C1CCc2c(c3c(N4CCCC4)nc(N4CCCC4)nc3n2CCN2CCNCC2)C1. The van der Waals surface area contributed by atoms with Gasteiger partial charge >= 0.3 is 0 Å². The summed E-state index contributed by atoms with van der Waals surface area (Å²) in [6, 6.07) is 0. The molecule has 0 atom stereocenters. The van der Waals surface area contributed by atoms with Crippen molar-refractivity contribution >= 4 is 22.8 Å². The van der Waals surface area contributed by atoms with E-state index in [2.05, 4.69) is 24.6 Å². The summed E-state index contributed by atoms with van der Waals surface area (Å²) < 4.78 is 2.60. The summed E-state index contributed by atoms with van der Waals surface area (Å²) in [5.41, 5.74) is 4.35. The molecule has 4 aliphatic rings. The Morgan fingerprint density at radius 2 is 1.42 bits per heavy atom. The summed E-state index contributed by atoms with van der Waals surface area (Å²) in [4.78, 5) is 18.1. The largest absolute Gasteiger partial charge is 0.356 e. The van der Waals surface area contributed by atoms with E-state index in [4.69, 9.17) is 9.97 Å². The maximum absolute atomic E-state index is 5.28. The van der Waals surface area contributed by atoms with Crippen LogP contribution in [0.2, 0.25) is 0 Å². The molecule has 168 valence electrons. The van der Waals surface area contributed by atoms with Crippen molar-refractivity contribution in [2.45, 2.75) is 57.9 Å². The Kier molecular flexibility index (Phi) is 5.48. The monoisotopic (exact) mass is 423 g/mol. The first-order valence-electron chi connectivity index (χ1n) is 12.7. The third-order valence-corrected chi connectivity index (χ3v) is 7.82. The highest BCUT2D eigenvalue weighted by atomic mass is 15.3. The second kappa shape index (κ2) is 8.58. The molecule has 5 heterocycles. The fraction of sp³-hybridized carbons (Fsp3) is 0.750. The molecule has 1 N–H and O–H groups in total. The van der Waals surface area contributed by atoms with Gasteiger partial charge in [0.1, 0.15) is 11.5 Å². The molecule has 7 heteroatoms. The first kappa shape index (κ1) is 19.8. The normalized spacial score (nSPS) is 22.6. The summed E-state index contributed by atoms with van der Waals surface area (Å²) in [7, 11) is 0. The number of rotatable bonds is 5. The first-order valence-corrected chi connectivity index (χ1v) is 12.7. The van der Waals surface area contributed by atoms with Crippen LogP contribution in [0.1, 0.15) is 49.8 Å². The molecule has 1 aliphatic carbocycles. The summed E-state index contributed by atoms with van der Waals surface area (Å²) in [6.07, 6.45) is 10.1. The quantitative estimate of drug-likeness (QED) is 0.797. The minimum atomic E-state index is 0.977. The smallest absolute Gasteiger partial charge is 0.229 e. The van der Waals surface area contributed by atoms with Gasteiger partial charge in [-0.05, 0) is 56.9 Å². The number of nitrogens with one attached hydrogen (secondary N) is 1. The fourth-order valence-corrected chi connectivity index (χ4v) is 6.11. The average molecular weight is 424 g/mol. The Balaban J connectivity index is 1.45. The number of fused-ring (bicyclic) bond motifs is 3. The molecule has 3 fully saturated rings. The summed E-state index contributed by atoms with van der Waals surface area (Å²) in [6.45, 7) is 11.2. The second-order valence-corrected chi connectivity index (χ2v) is 9.81. The topological polar surface area (TPSA) is 52.5 Å². The van der Waals surface area contributed by atoms with E-state index in [0.29, 0.717) is 0 Å². The van der Waals surface area contributed by atoms with Gasteiger partial charge in [0.05, 0.1) is 5.39 Å². The highest BCUT2D eigenvalue weighted by Gasteiger charge is 2.29. The number of anilines is 2. The molecule has 6 rings (SSSR count). The zero-order chi connectivity index (χ0) is 20.6. The van der Waals surface area contributed by atoms with Gasteiger partial charge < -0.3 is 19.7 Å². The molecule has 3 aliphatic heterocycles. The minimum Gasteiger partial charge on any atom is -0.356 e. The Labute approximate surface area is 185 Å². The van der Waals surface area contributed by atoms with Gasteiger partial charge in [0, 0.05) is 71.1 Å². The molecular weight excluding hydrogens is 386 g/mol. The van der Waals surface area contributed by atoms with Crippen molar-refractivity contribution in [1.29, 1.82) is 0 Å². The maximum Gasteiger partial charge on any atom is 0.229 e. The van der Waals surface area contributed by atoms with Crippen molar-refractivity contribution < 1.29 is 0 Å². The molecule has 0 unspecified atom stereocenters. The Morgan fingerprint density at radius 1 is 0.710 bits per heavy atom. The van der Waals surface area contributed by atoms with E-state index in [1.165, 1.54) is 68.2 Å². The van der Waals surface area contributed by atoms with Gasteiger partial charge in [0.2, 0.25) is 5.95 Å². The molecular formula is C24H37N7. The molecule has 0 bridgehead atoms. The third-order valence-electron chi connectivity index (χ3n) is 7.82. The summed E-state index contributed by atoms with van der Waals surface area (Å²) >= 11 is 0. The van der Waals surface area contributed by atoms with Crippen LogP contribution in [-0.2, 0) is 19.4 Å². The van der Waals surface area contributed by atoms with Crippen LogP contribution in [0.15, 0.2) is 0 Å². The van der Waals surface area contributed by atoms with Gasteiger partial charge in [-0.1, -0.05) is 0 Å². The first-order chi connectivity index (χ1) is 15.4. The maximum atomic E-state index is 5.28. The lowest BCUT2D eigenvalue weighted by molar-refractivity contribution is 0.232. The van der Waals surface area contributed by atoms with Crippen LogP contribution in [0.25, 0.3) is 11.0 Å². The summed E-state index contributed by atoms with van der Waals surface area (Å²) in [5, 5.41) is 4.87. The van der Waals surface area contributed by atoms with Crippen LogP contribution < -0.4 is 15.1 Å². The number of aromatic nitrogens is 3. The third kappa shape index (κ3) is 3.69. The highest BCUT2D eigenvalue weighted by molar-refractivity contribution is 5.94. The van der Waals surface area contributed by atoms with Gasteiger partial charge in [0.25, 0.3) is 0 Å².